The minimum Gasteiger partial charge on any atom is -0.370 e. The first-order valence-electron chi connectivity index (χ1n) is 8.69. The highest BCUT2D eigenvalue weighted by atomic mass is 19.1. The fourth-order valence-corrected chi connectivity index (χ4v) is 3.42. The van der Waals surface area contributed by atoms with Crippen molar-refractivity contribution >= 4 is 11.8 Å². The summed E-state index contributed by atoms with van der Waals surface area (Å²) in [6.45, 7) is 3.28. The number of carbonyl (C=O) groups is 2. The van der Waals surface area contributed by atoms with Gasteiger partial charge in [0.2, 0.25) is 11.8 Å². The van der Waals surface area contributed by atoms with E-state index in [1.807, 2.05) is 0 Å². The number of hydrogen-bond acceptors (Lipinski definition) is 4. The lowest BCUT2D eigenvalue weighted by molar-refractivity contribution is -0.140. The molecule has 2 heterocycles. The Hall–Kier alpha value is -1.99. The van der Waals surface area contributed by atoms with E-state index in [4.69, 9.17) is 10.5 Å². The summed E-state index contributed by atoms with van der Waals surface area (Å²) in [5.74, 6) is -0.543. The van der Waals surface area contributed by atoms with Crippen molar-refractivity contribution in [2.45, 2.75) is 18.9 Å². The van der Waals surface area contributed by atoms with E-state index in [2.05, 4.69) is 4.90 Å². The van der Waals surface area contributed by atoms with Crippen molar-refractivity contribution in [3.63, 3.8) is 0 Å². The molecule has 2 amide bonds. The molecule has 0 saturated carbocycles. The Morgan fingerprint density at radius 3 is 2.48 bits per heavy atom. The van der Waals surface area contributed by atoms with Crippen molar-refractivity contribution in [2.75, 3.05) is 39.3 Å². The van der Waals surface area contributed by atoms with E-state index in [1.165, 1.54) is 12.1 Å². The van der Waals surface area contributed by atoms with Crippen LogP contribution in [0.2, 0.25) is 0 Å². The molecule has 0 spiro atoms. The van der Waals surface area contributed by atoms with Crippen LogP contribution in [0.25, 0.3) is 0 Å². The van der Waals surface area contributed by atoms with Gasteiger partial charge < -0.3 is 15.4 Å². The Balaban J connectivity index is 1.52. The summed E-state index contributed by atoms with van der Waals surface area (Å²) >= 11 is 0. The van der Waals surface area contributed by atoms with Gasteiger partial charge in [0.1, 0.15) is 11.9 Å². The van der Waals surface area contributed by atoms with Crippen LogP contribution in [0, 0.1) is 11.7 Å². The number of nitrogens with zero attached hydrogens (tertiary/aromatic N) is 2. The van der Waals surface area contributed by atoms with Crippen LogP contribution in [0.3, 0.4) is 0 Å². The monoisotopic (exact) mass is 349 g/mol. The highest BCUT2D eigenvalue weighted by Crippen LogP contribution is 2.23. The van der Waals surface area contributed by atoms with Gasteiger partial charge in [0, 0.05) is 12.5 Å². The SMILES string of the molecule is NC(=O)C1CCN(CC(=O)N2CCO[C@@H](c3ccc(F)cc3)C2)CC1. The highest BCUT2D eigenvalue weighted by molar-refractivity contribution is 5.79. The molecule has 1 aromatic rings. The summed E-state index contributed by atoms with van der Waals surface area (Å²) in [6.07, 6.45) is 1.20. The van der Waals surface area contributed by atoms with E-state index in [0.717, 1.165) is 5.56 Å². The van der Waals surface area contributed by atoms with Gasteiger partial charge in [-0.2, -0.15) is 0 Å². The van der Waals surface area contributed by atoms with Crippen LogP contribution in [0.1, 0.15) is 24.5 Å². The smallest absolute Gasteiger partial charge is 0.236 e. The van der Waals surface area contributed by atoms with Gasteiger partial charge in [0.25, 0.3) is 0 Å². The molecule has 0 unspecified atom stereocenters. The number of hydrogen-bond donors (Lipinski definition) is 1. The third-order valence-corrected chi connectivity index (χ3v) is 5.01. The van der Waals surface area contributed by atoms with E-state index in [9.17, 15) is 14.0 Å². The third-order valence-electron chi connectivity index (χ3n) is 5.01. The Bertz CT molecular complexity index is 614. The fourth-order valence-electron chi connectivity index (χ4n) is 3.42. The van der Waals surface area contributed by atoms with Gasteiger partial charge in [0.05, 0.1) is 19.7 Å². The molecule has 25 heavy (non-hydrogen) atoms. The predicted molar refractivity (Wildman–Crippen MR) is 90.0 cm³/mol. The zero-order chi connectivity index (χ0) is 17.8. The molecule has 2 aliphatic rings. The average Bonchev–Trinajstić information content (AvgIpc) is 2.63. The maximum Gasteiger partial charge on any atom is 0.236 e. The molecule has 1 atom stereocenters. The Kier molecular flexibility index (Phi) is 5.65. The number of morpholine rings is 1. The van der Waals surface area contributed by atoms with Crippen LogP contribution in [0.4, 0.5) is 4.39 Å². The van der Waals surface area contributed by atoms with Gasteiger partial charge in [-0.05, 0) is 43.6 Å². The first-order chi connectivity index (χ1) is 12.0. The summed E-state index contributed by atoms with van der Waals surface area (Å²) in [4.78, 5) is 27.7. The van der Waals surface area contributed by atoms with Crippen molar-refractivity contribution in [3.05, 3.63) is 35.6 Å². The molecule has 2 saturated heterocycles. The van der Waals surface area contributed by atoms with Gasteiger partial charge in [-0.3, -0.25) is 14.5 Å². The second kappa shape index (κ2) is 7.93. The number of rotatable bonds is 4. The first kappa shape index (κ1) is 17.8. The van der Waals surface area contributed by atoms with E-state index in [0.29, 0.717) is 52.2 Å². The van der Waals surface area contributed by atoms with E-state index >= 15 is 0 Å². The number of piperidine rings is 1. The number of benzene rings is 1. The molecule has 2 aliphatic heterocycles. The van der Waals surface area contributed by atoms with Gasteiger partial charge in [-0.25, -0.2) is 4.39 Å². The quantitative estimate of drug-likeness (QED) is 0.877. The molecule has 2 N–H and O–H groups in total. The summed E-state index contributed by atoms with van der Waals surface area (Å²) in [7, 11) is 0. The predicted octanol–water partition coefficient (Wildman–Crippen LogP) is 0.923. The van der Waals surface area contributed by atoms with E-state index in [-0.39, 0.29) is 29.7 Å². The van der Waals surface area contributed by atoms with Crippen LogP contribution in [-0.4, -0.2) is 60.9 Å². The maximum absolute atomic E-state index is 13.1. The van der Waals surface area contributed by atoms with Crippen molar-refractivity contribution in [1.82, 2.24) is 9.80 Å². The summed E-state index contributed by atoms with van der Waals surface area (Å²) in [5, 5.41) is 0. The van der Waals surface area contributed by atoms with E-state index < -0.39 is 0 Å². The largest absolute Gasteiger partial charge is 0.370 e. The van der Waals surface area contributed by atoms with Gasteiger partial charge >= 0.3 is 0 Å². The Labute approximate surface area is 146 Å². The zero-order valence-electron chi connectivity index (χ0n) is 14.2. The average molecular weight is 349 g/mol. The molecule has 136 valence electrons. The summed E-state index contributed by atoms with van der Waals surface area (Å²) < 4.78 is 18.8. The zero-order valence-corrected chi connectivity index (χ0v) is 14.2. The number of primary amides is 1. The molecule has 1 aromatic carbocycles. The number of likely N-dealkylation sites (tertiary alicyclic amines) is 1. The number of ether oxygens (including phenoxy) is 1. The number of carbonyl (C=O) groups excluding carboxylic acids is 2. The maximum atomic E-state index is 13.1. The molecule has 7 heteroatoms. The highest BCUT2D eigenvalue weighted by Gasteiger charge is 2.28. The third kappa shape index (κ3) is 4.55. The van der Waals surface area contributed by atoms with Crippen molar-refractivity contribution < 1.29 is 18.7 Å². The van der Waals surface area contributed by atoms with Gasteiger partial charge in [-0.1, -0.05) is 12.1 Å². The molecule has 0 aromatic heterocycles. The Morgan fingerprint density at radius 1 is 1.16 bits per heavy atom. The molecular formula is C18H24FN3O3. The number of halogens is 1. The second-order valence-corrected chi connectivity index (χ2v) is 6.70. The van der Waals surface area contributed by atoms with Crippen LogP contribution >= 0.6 is 0 Å². The minimum atomic E-state index is -0.285. The van der Waals surface area contributed by atoms with Gasteiger partial charge in [-0.15, -0.1) is 0 Å². The summed E-state index contributed by atoms with van der Waals surface area (Å²) in [5.41, 5.74) is 6.22. The number of amides is 2. The molecule has 0 bridgehead atoms. The van der Waals surface area contributed by atoms with Crippen LogP contribution in [0.15, 0.2) is 24.3 Å². The molecule has 0 aliphatic carbocycles. The standard InChI is InChI=1S/C18H24FN3O3/c19-15-3-1-13(2-4-15)16-11-22(9-10-25-16)17(23)12-21-7-5-14(6-8-21)18(20)24/h1-4,14,16H,5-12H2,(H2,20,24)/t16-/m1/s1. The first-order valence-corrected chi connectivity index (χ1v) is 8.69. The van der Waals surface area contributed by atoms with Crippen LogP contribution < -0.4 is 5.73 Å². The normalized spacial score (nSPS) is 22.8. The van der Waals surface area contributed by atoms with Crippen molar-refractivity contribution in [3.8, 4) is 0 Å². The molecule has 2 fully saturated rings. The molecule has 0 radical (unpaired) electrons. The van der Waals surface area contributed by atoms with Crippen LogP contribution in [-0.2, 0) is 14.3 Å². The van der Waals surface area contributed by atoms with Crippen LogP contribution in [0.5, 0.6) is 0 Å². The lowest BCUT2D eigenvalue weighted by atomic mass is 9.96. The summed E-state index contributed by atoms with van der Waals surface area (Å²) in [6, 6.07) is 6.20. The van der Waals surface area contributed by atoms with E-state index in [1.54, 1.807) is 17.0 Å². The Morgan fingerprint density at radius 2 is 1.84 bits per heavy atom. The minimum absolute atomic E-state index is 0.0629. The molecular weight excluding hydrogens is 325 g/mol. The topological polar surface area (TPSA) is 75.9 Å². The lowest BCUT2D eigenvalue weighted by Crippen LogP contribution is -2.48. The molecule has 3 rings (SSSR count). The fraction of sp³-hybridized carbons (Fsp3) is 0.556. The lowest BCUT2D eigenvalue weighted by Gasteiger charge is -2.36. The van der Waals surface area contributed by atoms with Crippen molar-refractivity contribution in [2.24, 2.45) is 11.7 Å². The van der Waals surface area contributed by atoms with Crippen molar-refractivity contribution in [1.29, 1.82) is 0 Å². The number of nitrogens with two attached hydrogens (primary N) is 1. The van der Waals surface area contributed by atoms with Gasteiger partial charge in [0.15, 0.2) is 0 Å². The second-order valence-electron chi connectivity index (χ2n) is 6.70. The molecule has 6 nitrogen and oxygen atoms in total.